The second-order valence-corrected chi connectivity index (χ2v) is 16.2. The molecule has 0 aliphatic rings. The van der Waals surface area contributed by atoms with E-state index >= 15 is 0 Å². The third-order valence-electron chi connectivity index (χ3n) is 11.0. The van der Waals surface area contributed by atoms with Crippen LogP contribution in [0.2, 0.25) is 0 Å². The summed E-state index contributed by atoms with van der Waals surface area (Å²) < 4.78 is 29.2. The number of carbonyl (C=O) groups is 3. The van der Waals surface area contributed by atoms with Crippen molar-refractivity contribution in [1.29, 1.82) is 5.26 Å². The summed E-state index contributed by atoms with van der Waals surface area (Å²) in [5.41, 5.74) is 5.07. The van der Waals surface area contributed by atoms with Gasteiger partial charge in [-0.3, -0.25) is 4.79 Å². The zero-order valence-corrected chi connectivity index (χ0v) is 37.8. The molecule has 9 nitrogen and oxygen atoms in total. The van der Waals surface area contributed by atoms with Crippen LogP contribution in [0.4, 0.5) is 0 Å². The largest absolute Gasteiger partial charge is 0.494 e. The SMILES string of the molecule is CCCCCCCCOc1ccc(C(=O)Oc2ccc(-c3ccc(C(=O)O[C@H](C)CCCCCC)cc3)cc2)c(OC(=O)CCCCCOc2ccc(-c3ccc(C#N)cc3)cc2)c1. The fourth-order valence-corrected chi connectivity index (χ4v) is 7.16. The van der Waals surface area contributed by atoms with Crippen LogP contribution < -0.4 is 18.9 Å². The van der Waals surface area contributed by atoms with Crippen molar-refractivity contribution in [2.45, 2.75) is 123 Å². The first-order chi connectivity index (χ1) is 31.3. The highest BCUT2D eigenvalue weighted by Gasteiger charge is 2.20. The van der Waals surface area contributed by atoms with Gasteiger partial charge in [0.1, 0.15) is 28.6 Å². The van der Waals surface area contributed by atoms with Crippen molar-refractivity contribution in [2.75, 3.05) is 13.2 Å². The summed E-state index contributed by atoms with van der Waals surface area (Å²) in [5.74, 6) is 0.229. The Hall–Kier alpha value is -6.40. The second-order valence-electron chi connectivity index (χ2n) is 16.2. The highest BCUT2D eigenvalue weighted by Crippen LogP contribution is 2.29. The average Bonchev–Trinajstić information content (AvgIpc) is 3.31. The molecule has 0 saturated carbocycles. The van der Waals surface area contributed by atoms with Crippen molar-refractivity contribution >= 4 is 17.9 Å². The Balaban J connectivity index is 1.12. The summed E-state index contributed by atoms with van der Waals surface area (Å²) in [6, 6.07) is 36.6. The van der Waals surface area contributed by atoms with Crippen LogP contribution in [0.25, 0.3) is 22.3 Å². The molecular weight excluding hydrogens is 803 g/mol. The maximum atomic E-state index is 13.6. The lowest BCUT2D eigenvalue weighted by atomic mass is 10.0. The molecular formula is C55H63NO8. The first-order valence-electron chi connectivity index (χ1n) is 23.1. The fraction of sp³-hybridized carbons (Fsp3) is 0.382. The zero-order valence-electron chi connectivity index (χ0n) is 37.8. The summed E-state index contributed by atoms with van der Waals surface area (Å²) in [5, 5.41) is 9.05. The molecule has 5 aromatic carbocycles. The van der Waals surface area contributed by atoms with Gasteiger partial charge in [-0.15, -0.1) is 0 Å². The van der Waals surface area contributed by atoms with Gasteiger partial charge in [-0.1, -0.05) is 114 Å². The molecule has 5 rings (SSSR count). The van der Waals surface area contributed by atoms with E-state index in [1.807, 2.05) is 67.6 Å². The molecule has 0 aromatic heterocycles. The maximum absolute atomic E-state index is 13.6. The van der Waals surface area contributed by atoms with Gasteiger partial charge in [0, 0.05) is 12.5 Å². The highest BCUT2D eigenvalue weighted by atomic mass is 16.6. The van der Waals surface area contributed by atoms with Crippen molar-refractivity contribution in [3.05, 3.63) is 132 Å². The standard InChI is InChI=1S/C55H63NO8/c1-4-6-8-10-11-15-38-61-50-35-36-51(52(39-50)64-53(57)18-14-12-16-37-60-48-31-27-45(28-32-48)43-21-19-42(40-56)20-22-43)55(59)63-49-33-29-46(30-34-49)44-23-25-47(26-24-44)54(58)62-41(3)17-13-9-7-5-2/h19-36,39,41H,4-18,37-38H2,1-3H3/t41-/m1/s1. The summed E-state index contributed by atoms with van der Waals surface area (Å²) >= 11 is 0. The van der Waals surface area contributed by atoms with E-state index in [1.54, 1.807) is 54.6 Å². The summed E-state index contributed by atoms with van der Waals surface area (Å²) in [7, 11) is 0. The molecule has 0 unspecified atom stereocenters. The third kappa shape index (κ3) is 16.4. The van der Waals surface area contributed by atoms with Crippen LogP contribution in [0.5, 0.6) is 23.0 Å². The smallest absolute Gasteiger partial charge is 0.347 e. The van der Waals surface area contributed by atoms with Gasteiger partial charge in [-0.05, 0) is 128 Å². The van der Waals surface area contributed by atoms with E-state index in [4.69, 9.17) is 28.9 Å². The molecule has 0 amide bonds. The summed E-state index contributed by atoms with van der Waals surface area (Å²) in [6.45, 7) is 7.33. The number of rotatable bonds is 27. The molecule has 0 heterocycles. The first kappa shape index (κ1) is 48.6. The predicted molar refractivity (Wildman–Crippen MR) is 252 cm³/mol. The summed E-state index contributed by atoms with van der Waals surface area (Å²) in [6.07, 6.45) is 14.3. The molecule has 0 radical (unpaired) electrons. The Morgan fingerprint density at radius 1 is 0.531 bits per heavy atom. The molecule has 0 bridgehead atoms. The molecule has 0 aliphatic carbocycles. The van der Waals surface area contributed by atoms with Gasteiger partial charge in [0.05, 0.1) is 36.5 Å². The number of esters is 3. The van der Waals surface area contributed by atoms with Crippen molar-refractivity contribution in [2.24, 2.45) is 0 Å². The Bertz CT molecular complexity index is 2230. The molecule has 0 spiro atoms. The topological polar surface area (TPSA) is 121 Å². The monoisotopic (exact) mass is 865 g/mol. The van der Waals surface area contributed by atoms with E-state index in [1.165, 1.54) is 32.1 Å². The number of carbonyl (C=O) groups excluding carboxylic acids is 3. The number of ether oxygens (including phenoxy) is 5. The molecule has 0 fully saturated rings. The van der Waals surface area contributed by atoms with Gasteiger partial charge in [-0.25, -0.2) is 9.59 Å². The van der Waals surface area contributed by atoms with E-state index in [0.717, 1.165) is 79.4 Å². The molecule has 64 heavy (non-hydrogen) atoms. The third-order valence-corrected chi connectivity index (χ3v) is 11.0. The molecule has 0 N–H and O–H groups in total. The molecule has 0 aliphatic heterocycles. The van der Waals surface area contributed by atoms with Crippen LogP contribution >= 0.6 is 0 Å². The van der Waals surface area contributed by atoms with Gasteiger partial charge in [-0.2, -0.15) is 5.26 Å². The fourth-order valence-electron chi connectivity index (χ4n) is 7.16. The van der Waals surface area contributed by atoms with E-state index < -0.39 is 11.9 Å². The van der Waals surface area contributed by atoms with E-state index in [9.17, 15) is 14.4 Å². The van der Waals surface area contributed by atoms with Crippen LogP contribution in [-0.4, -0.2) is 37.2 Å². The van der Waals surface area contributed by atoms with Crippen LogP contribution in [0.3, 0.4) is 0 Å². The van der Waals surface area contributed by atoms with Gasteiger partial charge in [0.25, 0.3) is 0 Å². The number of nitrogens with zero attached hydrogens (tertiary/aromatic N) is 1. The van der Waals surface area contributed by atoms with Crippen LogP contribution in [0, 0.1) is 11.3 Å². The Morgan fingerprint density at radius 2 is 1.03 bits per heavy atom. The lowest BCUT2D eigenvalue weighted by Gasteiger charge is -2.14. The van der Waals surface area contributed by atoms with Crippen molar-refractivity contribution in [3.8, 4) is 51.3 Å². The Morgan fingerprint density at radius 3 is 1.64 bits per heavy atom. The predicted octanol–water partition coefficient (Wildman–Crippen LogP) is 13.9. The van der Waals surface area contributed by atoms with Gasteiger partial charge < -0.3 is 23.7 Å². The van der Waals surface area contributed by atoms with Crippen LogP contribution in [0.15, 0.2) is 115 Å². The van der Waals surface area contributed by atoms with Crippen LogP contribution in [0.1, 0.15) is 143 Å². The minimum absolute atomic E-state index is 0.0874. The highest BCUT2D eigenvalue weighted by molar-refractivity contribution is 5.95. The number of benzene rings is 5. The van der Waals surface area contributed by atoms with E-state index in [-0.39, 0.29) is 29.8 Å². The van der Waals surface area contributed by atoms with Gasteiger partial charge in [0.2, 0.25) is 0 Å². The van der Waals surface area contributed by atoms with E-state index in [2.05, 4.69) is 19.9 Å². The van der Waals surface area contributed by atoms with Crippen LogP contribution in [-0.2, 0) is 9.53 Å². The zero-order chi connectivity index (χ0) is 45.4. The minimum Gasteiger partial charge on any atom is -0.494 e. The molecule has 0 saturated heterocycles. The van der Waals surface area contributed by atoms with Gasteiger partial charge in [0.15, 0.2) is 0 Å². The number of hydrogen-bond acceptors (Lipinski definition) is 9. The number of nitriles is 1. The molecule has 9 heteroatoms. The first-order valence-corrected chi connectivity index (χ1v) is 23.1. The maximum Gasteiger partial charge on any atom is 0.347 e. The summed E-state index contributed by atoms with van der Waals surface area (Å²) in [4.78, 5) is 39.4. The molecule has 1 atom stereocenters. The Labute approximate surface area is 379 Å². The second kappa shape index (κ2) is 26.9. The lowest BCUT2D eigenvalue weighted by molar-refractivity contribution is -0.134. The normalized spacial score (nSPS) is 11.3. The average molecular weight is 866 g/mol. The number of hydrogen-bond donors (Lipinski definition) is 0. The molecule has 5 aromatic rings. The van der Waals surface area contributed by atoms with Crippen molar-refractivity contribution in [3.63, 3.8) is 0 Å². The van der Waals surface area contributed by atoms with Crippen molar-refractivity contribution < 1.29 is 38.1 Å². The van der Waals surface area contributed by atoms with Gasteiger partial charge >= 0.3 is 17.9 Å². The number of unbranched alkanes of at least 4 members (excludes halogenated alkanes) is 10. The minimum atomic E-state index is -0.664. The molecule has 336 valence electrons. The Kier molecular flexibility index (Phi) is 20.5. The van der Waals surface area contributed by atoms with E-state index in [0.29, 0.717) is 42.3 Å². The van der Waals surface area contributed by atoms with Crippen molar-refractivity contribution in [1.82, 2.24) is 0 Å². The lowest BCUT2D eigenvalue weighted by Crippen LogP contribution is -2.15. The quantitative estimate of drug-likeness (QED) is 0.0288.